The molecule has 124 valence electrons. The fourth-order valence-corrected chi connectivity index (χ4v) is 4.62. The highest BCUT2D eigenvalue weighted by molar-refractivity contribution is 7.22. The number of benzene rings is 1. The second-order valence-electron chi connectivity index (χ2n) is 6.37. The van der Waals surface area contributed by atoms with Gasteiger partial charge < -0.3 is 5.32 Å². The largest absolute Gasteiger partial charge is 0.367 e. The fourth-order valence-electron chi connectivity index (χ4n) is 3.37. The van der Waals surface area contributed by atoms with Gasteiger partial charge in [-0.2, -0.15) is 0 Å². The molecular weight excluding hydrogens is 338 g/mol. The maximum absolute atomic E-state index is 6.17. The van der Waals surface area contributed by atoms with Crippen LogP contribution in [0, 0.1) is 0 Å². The Morgan fingerprint density at radius 1 is 1.00 bits per heavy atom. The van der Waals surface area contributed by atoms with Crippen LogP contribution in [0.2, 0.25) is 5.28 Å². The van der Waals surface area contributed by atoms with E-state index >= 15 is 0 Å². The normalized spacial score (nSPS) is 16.2. The number of hydrogen-bond donors (Lipinski definition) is 1. The van der Waals surface area contributed by atoms with Gasteiger partial charge in [0.2, 0.25) is 5.28 Å². The molecular formula is C19H20ClN3S. The number of hydrogen-bond acceptors (Lipinski definition) is 4. The summed E-state index contributed by atoms with van der Waals surface area (Å²) in [6.07, 6.45) is 7.68. The SMILES string of the molecule is Clc1nc(NC2CCCCCC2)c2cc(-c3ccccc3)sc2n1. The predicted octanol–water partition coefficient (Wildman–Crippen LogP) is 6.15. The minimum Gasteiger partial charge on any atom is -0.367 e. The van der Waals surface area contributed by atoms with Crippen molar-refractivity contribution in [3.63, 3.8) is 0 Å². The van der Waals surface area contributed by atoms with Crippen LogP contribution in [0.4, 0.5) is 5.82 Å². The molecule has 1 aliphatic rings. The van der Waals surface area contributed by atoms with E-state index in [-0.39, 0.29) is 0 Å². The molecule has 1 aromatic carbocycles. The van der Waals surface area contributed by atoms with Gasteiger partial charge in [-0.05, 0) is 36.1 Å². The van der Waals surface area contributed by atoms with E-state index in [9.17, 15) is 0 Å². The number of rotatable bonds is 3. The van der Waals surface area contributed by atoms with Crippen molar-refractivity contribution < 1.29 is 0 Å². The van der Waals surface area contributed by atoms with Crippen LogP contribution in [0.15, 0.2) is 36.4 Å². The summed E-state index contributed by atoms with van der Waals surface area (Å²) in [5.41, 5.74) is 1.21. The molecule has 1 N–H and O–H groups in total. The standard InChI is InChI=1S/C19H20ClN3S/c20-19-22-17(21-14-10-6-1-2-7-11-14)15-12-16(24-18(15)23-19)13-8-4-3-5-9-13/h3-5,8-9,12,14H,1-2,6-7,10-11H2,(H,21,22,23). The summed E-state index contributed by atoms with van der Waals surface area (Å²) in [7, 11) is 0. The highest BCUT2D eigenvalue weighted by atomic mass is 35.5. The molecule has 0 saturated heterocycles. The number of thiophene rings is 1. The first-order valence-electron chi connectivity index (χ1n) is 8.58. The van der Waals surface area contributed by atoms with E-state index in [0.717, 1.165) is 16.0 Å². The Morgan fingerprint density at radius 3 is 2.50 bits per heavy atom. The Labute approximate surface area is 151 Å². The molecule has 24 heavy (non-hydrogen) atoms. The number of anilines is 1. The maximum atomic E-state index is 6.17. The lowest BCUT2D eigenvalue weighted by molar-refractivity contribution is 0.618. The molecule has 3 nitrogen and oxygen atoms in total. The second kappa shape index (κ2) is 7.08. The van der Waals surface area contributed by atoms with Crippen molar-refractivity contribution in [1.82, 2.24) is 9.97 Å². The average Bonchev–Trinajstić information content (AvgIpc) is 2.85. The molecule has 1 aliphatic carbocycles. The Bertz CT molecular complexity index is 823. The third-order valence-electron chi connectivity index (χ3n) is 4.62. The molecule has 1 saturated carbocycles. The van der Waals surface area contributed by atoms with Gasteiger partial charge in [-0.15, -0.1) is 11.3 Å². The summed E-state index contributed by atoms with van der Waals surface area (Å²) < 4.78 is 0. The highest BCUT2D eigenvalue weighted by Gasteiger charge is 2.17. The Balaban J connectivity index is 1.70. The van der Waals surface area contributed by atoms with Gasteiger partial charge in [0.1, 0.15) is 10.6 Å². The van der Waals surface area contributed by atoms with E-state index in [4.69, 9.17) is 11.6 Å². The second-order valence-corrected chi connectivity index (χ2v) is 7.74. The predicted molar refractivity (Wildman–Crippen MR) is 103 cm³/mol. The van der Waals surface area contributed by atoms with Crippen molar-refractivity contribution >= 4 is 39.0 Å². The Kier molecular flexibility index (Phi) is 4.67. The van der Waals surface area contributed by atoms with Gasteiger partial charge in [0.05, 0.1) is 5.39 Å². The zero-order valence-electron chi connectivity index (χ0n) is 13.5. The molecule has 0 unspecified atom stereocenters. The summed E-state index contributed by atoms with van der Waals surface area (Å²) >= 11 is 7.84. The zero-order valence-corrected chi connectivity index (χ0v) is 15.0. The molecule has 4 rings (SSSR count). The van der Waals surface area contributed by atoms with E-state index in [0.29, 0.717) is 11.3 Å². The van der Waals surface area contributed by atoms with Gasteiger partial charge in [-0.3, -0.25) is 0 Å². The molecule has 0 radical (unpaired) electrons. The lowest BCUT2D eigenvalue weighted by atomic mass is 10.1. The van der Waals surface area contributed by atoms with Gasteiger partial charge in [-0.1, -0.05) is 56.0 Å². The maximum Gasteiger partial charge on any atom is 0.225 e. The smallest absolute Gasteiger partial charge is 0.225 e. The van der Waals surface area contributed by atoms with Gasteiger partial charge in [0, 0.05) is 10.9 Å². The Hall–Kier alpha value is -1.65. The number of aromatic nitrogens is 2. The molecule has 0 bridgehead atoms. The minimum absolute atomic E-state index is 0.320. The highest BCUT2D eigenvalue weighted by Crippen LogP contribution is 2.36. The summed E-state index contributed by atoms with van der Waals surface area (Å²) in [5.74, 6) is 0.885. The zero-order chi connectivity index (χ0) is 16.4. The van der Waals surface area contributed by atoms with Crippen LogP contribution in [-0.2, 0) is 0 Å². The molecule has 5 heteroatoms. The first kappa shape index (κ1) is 15.9. The molecule has 3 aromatic rings. The average molecular weight is 358 g/mol. The van der Waals surface area contributed by atoms with Gasteiger partial charge >= 0.3 is 0 Å². The summed E-state index contributed by atoms with van der Waals surface area (Å²) in [6.45, 7) is 0. The topological polar surface area (TPSA) is 37.8 Å². The van der Waals surface area contributed by atoms with Crippen molar-refractivity contribution in [2.75, 3.05) is 5.32 Å². The minimum atomic E-state index is 0.320. The Morgan fingerprint density at radius 2 is 1.75 bits per heavy atom. The van der Waals surface area contributed by atoms with Gasteiger partial charge in [-0.25, -0.2) is 9.97 Å². The van der Waals surface area contributed by atoms with E-state index in [1.807, 2.05) is 6.07 Å². The first-order valence-corrected chi connectivity index (χ1v) is 9.78. The van der Waals surface area contributed by atoms with Crippen LogP contribution >= 0.6 is 22.9 Å². The van der Waals surface area contributed by atoms with Crippen molar-refractivity contribution in [1.29, 1.82) is 0 Å². The van der Waals surface area contributed by atoms with Crippen molar-refractivity contribution in [2.24, 2.45) is 0 Å². The van der Waals surface area contributed by atoms with Crippen LogP contribution in [0.5, 0.6) is 0 Å². The summed E-state index contributed by atoms with van der Waals surface area (Å²) in [6, 6.07) is 13.1. The summed E-state index contributed by atoms with van der Waals surface area (Å²) in [4.78, 5) is 11.1. The van der Waals surface area contributed by atoms with Crippen LogP contribution in [0.25, 0.3) is 20.7 Å². The van der Waals surface area contributed by atoms with Crippen molar-refractivity contribution in [3.8, 4) is 10.4 Å². The lowest BCUT2D eigenvalue weighted by Gasteiger charge is -2.17. The number of nitrogens with zero attached hydrogens (tertiary/aromatic N) is 2. The van der Waals surface area contributed by atoms with E-state index in [2.05, 4.69) is 45.6 Å². The molecule has 2 heterocycles. The van der Waals surface area contributed by atoms with Crippen LogP contribution < -0.4 is 5.32 Å². The summed E-state index contributed by atoms with van der Waals surface area (Å²) in [5, 5.41) is 5.04. The van der Waals surface area contributed by atoms with Crippen molar-refractivity contribution in [2.45, 2.75) is 44.6 Å². The van der Waals surface area contributed by atoms with Crippen LogP contribution in [-0.4, -0.2) is 16.0 Å². The number of halogens is 1. The van der Waals surface area contributed by atoms with Gasteiger partial charge in [0.25, 0.3) is 0 Å². The van der Waals surface area contributed by atoms with Crippen molar-refractivity contribution in [3.05, 3.63) is 41.7 Å². The third-order valence-corrected chi connectivity index (χ3v) is 5.87. The van der Waals surface area contributed by atoms with E-state index < -0.39 is 0 Å². The van der Waals surface area contributed by atoms with E-state index in [1.165, 1.54) is 49.0 Å². The molecule has 0 amide bonds. The van der Waals surface area contributed by atoms with E-state index in [1.54, 1.807) is 11.3 Å². The molecule has 2 aromatic heterocycles. The molecule has 0 aliphatic heterocycles. The van der Waals surface area contributed by atoms with Gasteiger partial charge in [0.15, 0.2) is 0 Å². The molecule has 0 spiro atoms. The first-order chi connectivity index (χ1) is 11.8. The third kappa shape index (κ3) is 3.40. The number of fused-ring (bicyclic) bond motifs is 1. The molecule has 1 fully saturated rings. The fraction of sp³-hybridized carbons (Fsp3) is 0.368. The number of nitrogens with one attached hydrogen (secondary N) is 1. The monoisotopic (exact) mass is 357 g/mol. The van der Waals surface area contributed by atoms with Crippen LogP contribution in [0.1, 0.15) is 38.5 Å². The molecule has 0 atom stereocenters. The quantitative estimate of drug-likeness (QED) is 0.451. The van der Waals surface area contributed by atoms with Crippen LogP contribution in [0.3, 0.4) is 0 Å². The lowest BCUT2D eigenvalue weighted by Crippen LogP contribution is -2.19.